The van der Waals surface area contributed by atoms with Crippen LogP contribution in [-0.2, 0) is 16.2 Å². The molecule has 39 heavy (non-hydrogen) atoms. The topological polar surface area (TPSA) is 84.9 Å². The monoisotopic (exact) mass is 558 g/mol. The van der Waals surface area contributed by atoms with Crippen molar-refractivity contribution < 1.29 is 23.9 Å². The smallest absolute Gasteiger partial charge is 0.294 e. The lowest BCUT2D eigenvalue weighted by Gasteiger charge is -2.13. The number of carbonyl (C=O) groups is 3. The van der Waals surface area contributed by atoms with Gasteiger partial charge in [-0.2, -0.15) is 0 Å². The van der Waals surface area contributed by atoms with Crippen LogP contribution >= 0.6 is 23.4 Å². The number of carbonyl (C=O) groups excluding carboxylic acids is 3. The number of rotatable bonds is 8. The zero-order chi connectivity index (χ0) is 27.4. The molecule has 0 atom stereocenters. The molecule has 196 valence electrons. The first-order valence-electron chi connectivity index (χ1n) is 12.0. The quantitative estimate of drug-likeness (QED) is 0.241. The Morgan fingerprint density at radius 3 is 2.51 bits per heavy atom. The van der Waals surface area contributed by atoms with E-state index in [0.717, 1.165) is 33.0 Å². The van der Waals surface area contributed by atoms with Crippen molar-refractivity contribution in [3.05, 3.63) is 106 Å². The van der Waals surface area contributed by atoms with Crippen LogP contribution in [0.4, 0.5) is 10.5 Å². The lowest BCUT2D eigenvalue weighted by atomic mass is 10.1. The van der Waals surface area contributed by atoms with E-state index in [-0.39, 0.29) is 4.91 Å². The third-order valence-electron chi connectivity index (χ3n) is 6.02. The molecule has 0 aliphatic carbocycles. The number of anilines is 1. The molecule has 3 amide bonds. The number of nitrogens with zero attached hydrogens (tertiary/aromatic N) is 1. The van der Waals surface area contributed by atoms with Crippen molar-refractivity contribution in [1.29, 1.82) is 0 Å². The Morgan fingerprint density at radius 2 is 1.72 bits per heavy atom. The number of hydrogen-bond acceptors (Lipinski definition) is 6. The van der Waals surface area contributed by atoms with Crippen molar-refractivity contribution >= 4 is 63.0 Å². The van der Waals surface area contributed by atoms with E-state index >= 15 is 0 Å². The molecule has 4 aromatic carbocycles. The minimum absolute atomic E-state index is 0.210. The Labute approximate surface area is 234 Å². The Morgan fingerprint density at radius 1 is 0.949 bits per heavy atom. The summed E-state index contributed by atoms with van der Waals surface area (Å²) in [6.07, 6.45) is 1.61. The fraction of sp³-hybridized carbons (Fsp3) is 0.100. The minimum atomic E-state index is -0.544. The van der Waals surface area contributed by atoms with Crippen LogP contribution in [0.5, 0.6) is 11.5 Å². The predicted octanol–water partition coefficient (Wildman–Crippen LogP) is 6.76. The number of imide groups is 1. The Kier molecular flexibility index (Phi) is 7.86. The Bertz CT molecular complexity index is 1620. The van der Waals surface area contributed by atoms with Crippen molar-refractivity contribution in [2.24, 2.45) is 0 Å². The summed E-state index contributed by atoms with van der Waals surface area (Å²) >= 11 is 6.89. The van der Waals surface area contributed by atoms with Crippen LogP contribution < -0.4 is 14.8 Å². The summed E-state index contributed by atoms with van der Waals surface area (Å²) < 4.78 is 11.2. The maximum Gasteiger partial charge on any atom is 0.294 e. The molecule has 1 aliphatic heterocycles. The molecule has 1 N–H and O–H groups in total. The van der Waals surface area contributed by atoms with Crippen LogP contribution in [0.3, 0.4) is 0 Å². The molecule has 0 saturated carbocycles. The SMILES string of the molecule is COc1ccc(NC(=O)CN2C(=O)S/C(=C\c3ccccc3OCc3ccc4ccccc4c3)C2=O)cc1Cl. The predicted molar refractivity (Wildman–Crippen MR) is 154 cm³/mol. The highest BCUT2D eigenvalue weighted by molar-refractivity contribution is 8.18. The molecule has 1 heterocycles. The lowest BCUT2D eigenvalue weighted by Crippen LogP contribution is -2.36. The van der Waals surface area contributed by atoms with Gasteiger partial charge in [-0.1, -0.05) is 66.2 Å². The van der Waals surface area contributed by atoms with E-state index in [9.17, 15) is 14.4 Å². The summed E-state index contributed by atoms with van der Waals surface area (Å²) in [5, 5.41) is 4.72. The van der Waals surface area contributed by atoms with Gasteiger partial charge in [-0.15, -0.1) is 0 Å². The van der Waals surface area contributed by atoms with E-state index in [1.54, 1.807) is 18.2 Å². The van der Waals surface area contributed by atoms with Gasteiger partial charge >= 0.3 is 0 Å². The highest BCUT2D eigenvalue weighted by Crippen LogP contribution is 2.34. The molecule has 0 aromatic heterocycles. The third-order valence-corrected chi connectivity index (χ3v) is 7.23. The number of thioether (sulfide) groups is 1. The third kappa shape index (κ3) is 6.08. The Balaban J connectivity index is 1.26. The first-order chi connectivity index (χ1) is 18.9. The fourth-order valence-electron chi connectivity index (χ4n) is 4.09. The number of nitrogens with one attached hydrogen (secondary N) is 1. The molecule has 4 aromatic rings. The zero-order valence-corrected chi connectivity index (χ0v) is 22.4. The maximum atomic E-state index is 13.0. The number of fused-ring (bicyclic) bond motifs is 1. The van der Waals surface area contributed by atoms with Crippen LogP contribution in [0.1, 0.15) is 11.1 Å². The average molecular weight is 559 g/mol. The first-order valence-corrected chi connectivity index (χ1v) is 13.2. The number of amides is 3. The second kappa shape index (κ2) is 11.6. The summed E-state index contributed by atoms with van der Waals surface area (Å²) in [6.45, 7) is -0.0848. The van der Waals surface area contributed by atoms with E-state index in [4.69, 9.17) is 21.1 Å². The summed E-state index contributed by atoms with van der Waals surface area (Å²) in [7, 11) is 1.49. The van der Waals surface area contributed by atoms with Gasteiger partial charge in [-0.3, -0.25) is 19.3 Å². The molecule has 9 heteroatoms. The number of para-hydroxylation sites is 1. The lowest BCUT2D eigenvalue weighted by molar-refractivity contribution is -0.127. The maximum absolute atomic E-state index is 13.0. The second-order valence-electron chi connectivity index (χ2n) is 8.67. The van der Waals surface area contributed by atoms with Gasteiger partial charge in [-0.25, -0.2) is 0 Å². The molecule has 1 fully saturated rings. The van der Waals surface area contributed by atoms with E-state index < -0.39 is 23.6 Å². The van der Waals surface area contributed by atoms with Gasteiger partial charge in [0.1, 0.15) is 24.7 Å². The standard InChI is InChI=1S/C30H23ClN2O5S/c1-37-26-13-12-23(16-24(26)31)32-28(34)17-33-29(35)27(39-30(33)36)15-22-8-4-5-9-25(22)38-18-19-10-11-20-6-2-3-7-21(20)14-19/h2-16H,17-18H2,1H3,(H,32,34)/b27-15-. The van der Waals surface area contributed by atoms with Crippen LogP contribution in [0.15, 0.2) is 89.8 Å². The summed E-state index contributed by atoms with van der Waals surface area (Å²) in [4.78, 5) is 39.3. The van der Waals surface area contributed by atoms with Crippen molar-refractivity contribution in [3.8, 4) is 11.5 Å². The minimum Gasteiger partial charge on any atom is -0.495 e. The van der Waals surface area contributed by atoms with Crippen molar-refractivity contribution in [2.45, 2.75) is 6.61 Å². The number of methoxy groups -OCH3 is 1. The van der Waals surface area contributed by atoms with E-state index in [1.165, 1.54) is 13.2 Å². The summed E-state index contributed by atoms with van der Waals surface area (Å²) in [6, 6.07) is 26.3. The fourth-order valence-corrected chi connectivity index (χ4v) is 5.17. The molecule has 0 radical (unpaired) electrons. The number of halogens is 1. The molecule has 7 nitrogen and oxygen atoms in total. The largest absolute Gasteiger partial charge is 0.495 e. The molecular formula is C30H23ClN2O5S. The van der Waals surface area contributed by atoms with Crippen molar-refractivity contribution in [1.82, 2.24) is 4.90 Å². The van der Waals surface area contributed by atoms with Crippen molar-refractivity contribution in [2.75, 3.05) is 19.0 Å². The van der Waals surface area contributed by atoms with E-state index in [2.05, 4.69) is 29.6 Å². The summed E-state index contributed by atoms with van der Waals surface area (Å²) in [5.74, 6) is -0.0324. The molecule has 1 aliphatic rings. The van der Waals surface area contributed by atoms with Gasteiger partial charge in [0.2, 0.25) is 5.91 Å². The number of hydrogen-bond donors (Lipinski definition) is 1. The molecular weight excluding hydrogens is 536 g/mol. The van der Waals surface area contributed by atoms with Crippen LogP contribution in [0, 0.1) is 0 Å². The van der Waals surface area contributed by atoms with Crippen LogP contribution in [-0.4, -0.2) is 35.6 Å². The molecule has 0 spiro atoms. The molecule has 1 saturated heterocycles. The molecule has 0 unspecified atom stereocenters. The van der Waals surface area contributed by atoms with Gasteiger partial charge in [0.05, 0.1) is 17.0 Å². The van der Waals surface area contributed by atoms with Gasteiger partial charge in [0.15, 0.2) is 0 Å². The average Bonchev–Trinajstić information content (AvgIpc) is 3.19. The highest BCUT2D eigenvalue weighted by Gasteiger charge is 2.36. The molecule has 5 rings (SSSR count). The van der Waals surface area contributed by atoms with Gasteiger partial charge in [0.25, 0.3) is 11.1 Å². The molecule has 0 bridgehead atoms. The van der Waals surface area contributed by atoms with Crippen LogP contribution in [0.2, 0.25) is 5.02 Å². The first kappa shape index (κ1) is 26.3. The highest BCUT2D eigenvalue weighted by atomic mass is 35.5. The van der Waals surface area contributed by atoms with Gasteiger partial charge < -0.3 is 14.8 Å². The normalized spacial score (nSPS) is 14.2. The van der Waals surface area contributed by atoms with Crippen LogP contribution in [0.25, 0.3) is 16.8 Å². The second-order valence-corrected chi connectivity index (χ2v) is 10.1. The van der Waals surface area contributed by atoms with E-state index in [1.807, 2.05) is 42.5 Å². The Hall–Kier alpha value is -4.27. The zero-order valence-electron chi connectivity index (χ0n) is 20.8. The van der Waals surface area contributed by atoms with E-state index in [0.29, 0.717) is 34.4 Å². The van der Waals surface area contributed by atoms with Gasteiger partial charge in [0, 0.05) is 11.3 Å². The number of ether oxygens (including phenoxy) is 2. The van der Waals surface area contributed by atoms with Gasteiger partial charge in [-0.05, 0) is 64.5 Å². The number of benzene rings is 4. The van der Waals surface area contributed by atoms with Crippen molar-refractivity contribution in [3.63, 3.8) is 0 Å². The summed E-state index contributed by atoms with van der Waals surface area (Å²) in [5.41, 5.74) is 2.08.